The SMILES string of the molecule is CS(=O)(=O)c1ccc(Oc2cccc(C(F)F)c2)c2c1C(O)CC2. The molecule has 1 unspecified atom stereocenters. The Morgan fingerprint density at radius 3 is 2.67 bits per heavy atom. The smallest absolute Gasteiger partial charge is 0.263 e. The zero-order valence-electron chi connectivity index (χ0n) is 12.9. The normalized spacial score (nSPS) is 17.1. The van der Waals surface area contributed by atoms with Gasteiger partial charge in [0, 0.05) is 22.9 Å². The summed E-state index contributed by atoms with van der Waals surface area (Å²) in [7, 11) is -3.48. The highest BCUT2D eigenvalue weighted by Crippen LogP contribution is 2.42. The molecule has 7 heteroatoms. The van der Waals surface area contributed by atoms with Gasteiger partial charge in [-0.2, -0.15) is 0 Å². The molecule has 1 atom stereocenters. The number of halogens is 2. The van der Waals surface area contributed by atoms with Gasteiger partial charge in [0.2, 0.25) is 0 Å². The van der Waals surface area contributed by atoms with Crippen molar-refractivity contribution in [2.45, 2.75) is 30.3 Å². The molecule has 0 radical (unpaired) electrons. The Bertz CT molecular complexity index is 878. The van der Waals surface area contributed by atoms with Gasteiger partial charge in [-0.25, -0.2) is 17.2 Å². The zero-order valence-corrected chi connectivity index (χ0v) is 13.7. The van der Waals surface area contributed by atoms with E-state index in [0.29, 0.717) is 29.7 Å². The van der Waals surface area contributed by atoms with Crippen LogP contribution in [0.5, 0.6) is 11.5 Å². The molecule has 1 aliphatic rings. The van der Waals surface area contributed by atoms with Gasteiger partial charge in [0.25, 0.3) is 6.43 Å². The number of alkyl halides is 2. The van der Waals surface area contributed by atoms with E-state index in [1.54, 1.807) is 6.07 Å². The summed E-state index contributed by atoms with van der Waals surface area (Å²) in [4.78, 5) is 0.0798. The average Bonchev–Trinajstić information content (AvgIpc) is 2.89. The van der Waals surface area contributed by atoms with Crippen LogP contribution in [0, 0.1) is 0 Å². The van der Waals surface area contributed by atoms with Crippen LogP contribution in [-0.4, -0.2) is 19.8 Å². The quantitative estimate of drug-likeness (QED) is 0.907. The van der Waals surface area contributed by atoms with Crippen LogP contribution in [-0.2, 0) is 16.3 Å². The van der Waals surface area contributed by atoms with Crippen LogP contribution >= 0.6 is 0 Å². The van der Waals surface area contributed by atoms with E-state index in [1.165, 1.54) is 30.3 Å². The fourth-order valence-corrected chi connectivity index (χ4v) is 3.91. The molecule has 0 aromatic heterocycles. The minimum atomic E-state index is -3.48. The molecule has 0 aliphatic heterocycles. The topological polar surface area (TPSA) is 63.6 Å². The van der Waals surface area contributed by atoms with Gasteiger partial charge >= 0.3 is 0 Å². The molecule has 0 amide bonds. The van der Waals surface area contributed by atoms with Crippen molar-refractivity contribution < 1.29 is 27.0 Å². The Morgan fingerprint density at radius 1 is 1.25 bits per heavy atom. The molecule has 0 heterocycles. The molecule has 0 saturated carbocycles. The summed E-state index contributed by atoms with van der Waals surface area (Å²) in [5.74, 6) is 0.615. The van der Waals surface area contributed by atoms with Gasteiger partial charge in [-0.1, -0.05) is 12.1 Å². The second-order valence-corrected chi connectivity index (χ2v) is 7.74. The number of sulfone groups is 1. The predicted molar refractivity (Wildman–Crippen MR) is 84.3 cm³/mol. The number of fused-ring (bicyclic) bond motifs is 1. The number of hydrogen-bond donors (Lipinski definition) is 1. The molecule has 1 aliphatic carbocycles. The summed E-state index contributed by atoms with van der Waals surface area (Å²) in [6, 6.07) is 8.45. The second-order valence-electron chi connectivity index (χ2n) is 5.76. The maximum Gasteiger partial charge on any atom is 0.263 e. The summed E-state index contributed by atoms with van der Waals surface area (Å²) in [6.07, 6.45) is -1.53. The van der Waals surface area contributed by atoms with E-state index in [9.17, 15) is 22.3 Å². The number of aliphatic hydroxyl groups is 1. The van der Waals surface area contributed by atoms with Crippen LogP contribution in [0.4, 0.5) is 8.78 Å². The lowest BCUT2D eigenvalue weighted by Gasteiger charge is -2.15. The van der Waals surface area contributed by atoms with Crippen molar-refractivity contribution >= 4 is 9.84 Å². The van der Waals surface area contributed by atoms with E-state index >= 15 is 0 Å². The fourth-order valence-electron chi connectivity index (χ4n) is 2.93. The van der Waals surface area contributed by atoms with E-state index in [0.717, 1.165) is 6.26 Å². The Labute approximate surface area is 138 Å². The Hall–Kier alpha value is -1.99. The molecule has 24 heavy (non-hydrogen) atoms. The van der Waals surface area contributed by atoms with Crippen molar-refractivity contribution in [1.82, 2.24) is 0 Å². The minimum Gasteiger partial charge on any atom is -0.457 e. The van der Waals surface area contributed by atoms with E-state index in [-0.39, 0.29) is 16.2 Å². The van der Waals surface area contributed by atoms with Gasteiger partial charge in [0.05, 0.1) is 11.0 Å². The van der Waals surface area contributed by atoms with E-state index in [1.807, 2.05) is 0 Å². The highest BCUT2D eigenvalue weighted by molar-refractivity contribution is 7.90. The summed E-state index contributed by atoms with van der Waals surface area (Å²) in [5.41, 5.74) is 0.796. The van der Waals surface area contributed by atoms with Crippen molar-refractivity contribution in [2.75, 3.05) is 6.26 Å². The first kappa shape index (κ1) is 16.9. The summed E-state index contributed by atoms with van der Waals surface area (Å²) >= 11 is 0. The van der Waals surface area contributed by atoms with Gasteiger partial charge < -0.3 is 9.84 Å². The van der Waals surface area contributed by atoms with Crippen LogP contribution in [0.15, 0.2) is 41.3 Å². The van der Waals surface area contributed by atoms with Crippen LogP contribution < -0.4 is 4.74 Å². The van der Waals surface area contributed by atoms with Crippen molar-refractivity contribution in [3.8, 4) is 11.5 Å². The largest absolute Gasteiger partial charge is 0.457 e. The third kappa shape index (κ3) is 3.14. The summed E-state index contributed by atoms with van der Waals surface area (Å²) < 4.78 is 55.0. The van der Waals surface area contributed by atoms with Gasteiger partial charge in [-0.3, -0.25) is 0 Å². The molecule has 0 spiro atoms. The molecule has 0 bridgehead atoms. The number of benzene rings is 2. The molecule has 0 saturated heterocycles. The maximum absolute atomic E-state index is 12.8. The third-order valence-electron chi connectivity index (χ3n) is 4.01. The standard InChI is InChI=1S/C17H16F2O4S/c1-24(21,22)15-8-7-14(12-5-6-13(20)16(12)15)23-11-4-2-3-10(9-11)17(18)19/h2-4,7-9,13,17,20H,5-6H2,1H3. The molecule has 3 rings (SSSR count). The fraction of sp³-hybridized carbons (Fsp3) is 0.294. The van der Waals surface area contributed by atoms with Gasteiger partial charge in [-0.05, 0) is 37.1 Å². The first-order valence-corrected chi connectivity index (χ1v) is 9.26. The van der Waals surface area contributed by atoms with Gasteiger partial charge in [-0.15, -0.1) is 0 Å². The number of ether oxygens (including phenoxy) is 1. The van der Waals surface area contributed by atoms with E-state index in [2.05, 4.69) is 0 Å². The third-order valence-corrected chi connectivity index (χ3v) is 5.17. The lowest BCUT2D eigenvalue weighted by molar-refractivity contribution is 0.151. The highest BCUT2D eigenvalue weighted by atomic mass is 32.2. The molecule has 0 fully saturated rings. The van der Waals surface area contributed by atoms with Crippen LogP contribution in [0.2, 0.25) is 0 Å². The first-order chi connectivity index (χ1) is 11.3. The molecule has 1 N–H and O–H groups in total. The van der Waals surface area contributed by atoms with Gasteiger partial charge in [0.15, 0.2) is 9.84 Å². The van der Waals surface area contributed by atoms with E-state index in [4.69, 9.17) is 4.74 Å². The molecule has 2 aromatic rings. The monoisotopic (exact) mass is 354 g/mol. The molecule has 2 aromatic carbocycles. The van der Waals surface area contributed by atoms with E-state index < -0.39 is 22.4 Å². The predicted octanol–water partition coefficient (Wildman–Crippen LogP) is 3.80. The van der Waals surface area contributed by atoms with Crippen molar-refractivity contribution in [1.29, 1.82) is 0 Å². The summed E-state index contributed by atoms with van der Waals surface area (Å²) in [6.45, 7) is 0. The van der Waals surface area contributed by atoms with Crippen LogP contribution in [0.1, 0.15) is 35.6 Å². The van der Waals surface area contributed by atoms with Crippen LogP contribution in [0.3, 0.4) is 0 Å². The lowest BCUT2D eigenvalue weighted by atomic mass is 10.1. The minimum absolute atomic E-state index is 0.0798. The highest BCUT2D eigenvalue weighted by Gasteiger charge is 2.30. The molecule has 128 valence electrons. The number of aliphatic hydroxyl groups excluding tert-OH is 1. The summed E-state index contributed by atoms with van der Waals surface area (Å²) in [5, 5.41) is 10.1. The van der Waals surface area contributed by atoms with Crippen molar-refractivity contribution in [2.24, 2.45) is 0 Å². The molecule has 4 nitrogen and oxygen atoms in total. The number of rotatable bonds is 4. The Morgan fingerprint density at radius 2 is 2.00 bits per heavy atom. The average molecular weight is 354 g/mol. The van der Waals surface area contributed by atoms with Crippen molar-refractivity contribution in [3.05, 3.63) is 53.1 Å². The molecular weight excluding hydrogens is 338 g/mol. The van der Waals surface area contributed by atoms with Crippen LogP contribution in [0.25, 0.3) is 0 Å². The van der Waals surface area contributed by atoms with Crippen molar-refractivity contribution in [3.63, 3.8) is 0 Å². The molecular formula is C17H16F2O4S. The maximum atomic E-state index is 12.8. The Kier molecular flexibility index (Phi) is 4.31. The lowest BCUT2D eigenvalue weighted by Crippen LogP contribution is -2.05. The zero-order chi connectivity index (χ0) is 17.5. The first-order valence-electron chi connectivity index (χ1n) is 7.37. The Balaban J connectivity index is 2.03. The van der Waals surface area contributed by atoms with Gasteiger partial charge in [0.1, 0.15) is 11.5 Å². The second kappa shape index (κ2) is 6.14. The number of hydrogen-bond acceptors (Lipinski definition) is 4.